The number of thiophene rings is 1. The lowest BCUT2D eigenvalue weighted by Crippen LogP contribution is -2.19. The summed E-state index contributed by atoms with van der Waals surface area (Å²) in [6.45, 7) is 0.305. The minimum Gasteiger partial charge on any atom is -0.265 e. The van der Waals surface area contributed by atoms with E-state index in [0.717, 1.165) is 14.9 Å². The molecule has 2 heterocycles. The molecule has 26 heavy (non-hydrogen) atoms. The second-order valence-corrected chi connectivity index (χ2v) is 7.05. The van der Waals surface area contributed by atoms with Gasteiger partial charge in [0.1, 0.15) is 6.20 Å². The van der Waals surface area contributed by atoms with E-state index in [1.807, 2.05) is 41.8 Å². The van der Waals surface area contributed by atoms with Gasteiger partial charge in [0.25, 0.3) is 5.91 Å². The molecule has 10 heteroatoms. The maximum absolute atomic E-state index is 12.2. The number of amides is 1. The van der Waals surface area contributed by atoms with Gasteiger partial charge >= 0.3 is 5.69 Å². The van der Waals surface area contributed by atoms with Gasteiger partial charge in [-0.3, -0.25) is 19.6 Å². The third-order valence-corrected chi connectivity index (χ3v) is 4.65. The summed E-state index contributed by atoms with van der Waals surface area (Å²) in [5.41, 5.74) is 2.51. The Morgan fingerprint density at radius 1 is 1.38 bits per heavy atom. The zero-order valence-electron chi connectivity index (χ0n) is 13.2. The maximum atomic E-state index is 12.2. The van der Waals surface area contributed by atoms with Crippen molar-refractivity contribution in [2.75, 3.05) is 0 Å². The predicted octanol–water partition coefficient (Wildman–Crippen LogP) is 3.43. The molecule has 0 aliphatic heterocycles. The van der Waals surface area contributed by atoms with Crippen LogP contribution >= 0.6 is 27.3 Å². The van der Waals surface area contributed by atoms with E-state index >= 15 is 0 Å². The molecule has 1 N–H and O–H groups in total. The summed E-state index contributed by atoms with van der Waals surface area (Å²) in [7, 11) is 0. The lowest BCUT2D eigenvalue weighted by Gasteiger charge is -2.01. The van der Waals surface area contributed by atoms with Gasteiger partial charge in [0, 0.05) is 9.35 Å². The molecule has 3 rings (SSSR count). The van der Waals surface area contributed by atoms with Crippen molar-refractivity contribution in [2.45, 2.75) is 6.54 Å². The number of carbonyl (C=O) groups is 1. The van der Waals surface area contributed by atoms with Crippen molar-refractivity contribution in [1.29, 1.82) is 0 Å². The van der Waals surface area contributed by atoms with Crippen molar-refractivity contribution in [3.8, 4) is 0 Å². The average molecular weight is 434 g/mol. The number of aromatic nitrogens is 2. The summed E-state index contributed by atoms with van der Waals surface area (Å²) in [5, 5.41) is 20.9. The topological polar surface area (TPSA) is 102 Å². The van der Waals surface area contributed by atoms with Gasteiger partial charge in [-0.2, -0.15) is 10.2 Å². The van der Waals surface area contributed by atoms with Crippen molar-refractivity contribution in [2.24, 2.45) is 5.10 Å². The molecule has 0 radical (unpaired) electrons. The Hall–Kier alpha value is -2.85. The van der Waals surface area contributed by atoms with E-state index in [4.69, 9.17) is 0 Å². The molecule has 0 bridgehead atoms. The highest BCUT2D eigenvalue weighted by atomic mass is 79.9. The molecule has 0 aliphatic rings. The van der Waals surface area contributed by atoms with Crippen molar-refractivity contribution < 1.29 is 9.72 Å². The summed E-state index contributed by atoms with van der Waals surface area (Å²) in [6.07, 6.45) is 2.70. The predicted molar refractivity (Wildman–Crippen MR) is 102 cm³/mol. The molecular weight excluding hydrogens is 422 g/mol. The number of nitrogens with one attached hydrogen (secondary N) is 1. The Kier molecular flexibility index (Phi) is 5.54. The minimum absolute atomic E-state index is 0.282. The van der Waals surface area contributed by atoms with Gasteiger partial charge in [0.15, 0.2) is 0 Å². The van der Waals surface area contributed by atoms with E-state index in [2.05, 4.69) is 31.6 Å². The number of benzene rings is 1. The van der Waals surface area contributed by atoms with E-state index in [0.29, 0.717) is 6.54 Å². The van der Waals surface area contributed by atoms with Crippen molar-refractivity contribution >= 4 is 45.1 Å². The van der Waals surface area contributed by atoms with Crippen molar-refractivity contribution in [1.82, 2.24) is 15.2 Å². The second kappa shape index (κ2) is 8.02. The highest BCUT2D eigenvalue weighted by Crippen LogP contribution is 2.18. The highest BCUT2D eigenvalue weighted by molar-refractivity contribution is 9.10. The van der Waals surface area contributed by atoms with E-state index in [1.54, 1.807) is 0 Å². The molecule has 0 saturated heterocycles. The van der Waals surface area contributed by atoms with E-state index in [-0.39, 0.29) is 11.4 Å². The van der Waals surface area contributed by atoms with Crippen LogP contribution in [-0.4, -0.2) is 26.8 Å². The SMILES string of the molecule is O=C(NN=Cc1cccs1)c1nn(Cc2ccc(Br)cc2)cc1[N+](=O)[O-]. The van der Waals surface area contributed by atoms with Crippen LogP contribution in [0.5, 0.6) is 0 Å². The van der Waals surface area contributed by atoms with Crippen LogP contribution in [0.25, 0.3) is 0 Å². The molecule has 0 spiro atoms. The van der Waals surface area contributed by atoms with Crippen LogP contribution in [0.15, 0.2) is 57.5 Å². The summed E-state index contributed by atoms with van der Waals surface area (Å²) >= 11 is 4.80. The Labute approximate surface area is 160 Å². The fourth-order valence-corrected chi connectivity index (χ4v) is 2.99. The summed E-state index contributed by atoms with van der Waals surface area (Å²) < 4.78 is 2.29. The molecule has 0 fully saturated rings. The Morgan fingerprint density at radius 3 is 2.81 bits per heavy atom. The lowest BCUT2D eigenvalue weighted by atomic mass is 10.2. The minimum atomic E-state index is -0.737. The standard InChI is InChI=1S/C16H12BrN5O3S/c17-12-5-3-11(4-6-12)9-21-10-14(22(24)25)15(20-21)16(23)19-18-8-13-2-1-7-26-13/h1-8,10H,9H2,(H,19,23). The number of rotatable bonds is 6. The Balaban J connectivity index is 1.77. The Morgan fingerprint density at radius 2 is 2.15 bits per heavy atom. The zero-order valence-corrected chi connectivity index (χ0v) is 15.6. The molecule has 2 aromatic heterocycles. The molecule has 8 nitrogen and oxygen atoms in total. The second-order valence-electron chi connectivity index (χ2n) is 5.16. The van der Waals surface area contributed by atoms with Gasteiger partial charge in [-0.25, -0.2) is 5.43 Å². The summed E-state index contributed by atoms with van der Waals surface area (Å²) in [5.74, 6) is -0.737. The number of hydrogen-bond acceptors (Lipinski definition) is 6. The van der Waals surface area contributed by atoms with Crippen LogP contribution in [-0.2, 0) is 6.54 Å². The number of nitrogens with zero attached hydrogens (tertiary/aromatic N) is 4. The van der Waals surface area contributed by atoms with Crippen LogP contribution in [0.2, 0.25) is 0 Å². The maximum Gasteiger partial charge on any atom is 0.320 e. The quantitative estimate of drug-likeness (QED) is 0.365. The van der Waals surface area contributed by atoms with Crippen LogP contribution in [0.3, 0.4) is 0 Å². The third-order valence-electron chi connectivity index (χ3n) is 3.31. The average Bonchev–Trinajstić information content (AvgIpc) is 3.26. The first-order chi connectivity index (χ1) is 12.5. The van der Waals surface area contributed by atoms with Gasteiger partial charge in [-0.1, -0.05) is 34.1 Å². The number of carbonyl (C=O) groups excluding carboxylic acids is 1. The van der Waals surface area contributed by atoms with Gasteiger partial charge in [0.05, 0.1) is 17.7 Å². The molecule has 0 unspecified atom stereocenters. The molecule has 0 saturated carbocycles. The number of halogens is 1. The number of nitro groups is 1. The monoisotopic (exact) mass is 433 g/mol. The fourth-order valence-electron chi connectivity index (χ4n) is 2.14. The van der Waals surface area contributed by atoms with Crippen LogP contribution < -0.4 is 5.43 Å². The first kappa shape index (κ1) is 18.0. The van der Waals surface area contributed by atoms with Gasteiger partial charge < -0.3 is 0 Å². The van der Waals surface area contributed by atoms with Crippen LogP contribution in [0.1, 0.15) is 20.9 Å². The summed E-state index contributed by atoms with van der Waals surface area (Å²) in [4.78, 5) is 23.6. The molecule has 1 aromatic carbocycles. The first-order valence-electron chi connectivity index (χ1n) is 7.36. The molecular formula is C16H12BrN5O3S. The first-order valence-corrected chi connectivity index (χ1v) is 9.03. The molecule has 3 aromatic rings. The van der Waals surface area contributed by atoms with E-state index < -0.39 is 10.8 Å². The van der Waals surface area contributed by atoms with Gasteiger partial charge in [-0.15, -0.1) is 11.3 Å². The van der Waals surface area contributed by atoms with E-state index in [1.165, 1.54) is 28.4 Å². The summed E-state index contributed by atoms with van der Waals surface area (Å²) in [6, 6.07) is 11.1. The lowest BCUT2D eigenvalue weighted by molar-refractivity contribution is -0.385. The molecule has 0 aliphatic carbocycles. The van der Waals surface area contributed by atoms with Crippen molar-refractivity contribution in [3.05, 3.63) is 78.7 Å². The van der Waals surface area contributed by atoms with Gasteiger partial charge in [-0.05, 0) is 29.1 Å². The largest absolute Gasteiger partial charge is 0.320 e. The Bertz CT molecular complexity index is 951. The number of hydrogen-bond donors (Lipinski definition) is 1. The van der Waals surface area contributed by atoms with Crippen molar-refractivity contribution in [3.63, 3.8) is 0 Å². The molecule has 132 valence electrons. The third kappa shape index (κ3) is 4.41. The normalized spacial score (nSPS) is 11.0. The van der Waals surface area contributed by atoms with E-state index in [9.17, 15) is 14.9 Å². The fraction of sp³-hybridized carbons (Fsp3) is 0.0625. The smallest absolute Gasteiger partial charge is 0.265 e. The highest BCUT2D eigenvalue weighted by Gasteiger charge is 2.25. The van der Waals surface area contributed by atoms with Crippen LogP contribution in [0.4, 0.5) is 5.69 Å². The van der Waals surface area contributed by atoms with Crippen LogP contribution in [0, 0.1) is 10.1 Å². The molecule has 1 amide bonds. The number of hydrazone groups is 1. The zero-order chi connectivity index (χ0) is 18.5. The molecule has 0 atom stereocenters. The van der Waals surface area contributed by atoms with Gasteiger partial charge in [0.2, 0.25) is 5.69 Å².